The highest BCUT2D eigenvalue weighted by atomic mass is 16.4. The Bertz CT molecular complexity index is 2940. The van der Waals surface area contributed by atoms with Gasteiger partial charge in [0.15, 0.2) is 0 Å². The van der Waals surface area contributed by atoms with Crippen molar-refractivity contribution < 1.29 is 29.7 Å². The second kappa shape index (κ2) is 28.5. The summed E-state index contributed by atoms with van der Waals surface area (Å²) >= 11 is 0. The van der Waals surface area contributed by atoms with Gasteiger partial charge in [-0.2, -0.15) is 0 Å². The molecule has 2 amide bonds. The zero-order valence-electron chi connectivity index (χ0n) is 46.5. The van der Waals surface area contributed by atoms with E-state index in [2.05, 4.69) is 121 Å². The molecule has 0 bridgehead atoms. The second-order valence-electron chi connectivity index (χ2n) is 21.8. The maximum Gasteiger partial charge on any atom is 0.488 e. The van der Waals surface area contributed by atoms with Gasteiger partial charge in [0.05, 0.1) is 0 Å². The van der Waals surface area contributed by atoms with Crippen LogP contribution < -0.4 is 10.9 Å². The van der Waals surface area contributed by atoms with Gasteiger partial charge in [-0.25, -0.2) is 0 Å². The monoisotopic (exact) mass is 1050 g/mol. The predicted molar refractivity (Wildman–Crippen MR) is 323 cm³/mol. The van der Waals surface area contributed by atoms with Crippen LogP contribution in [0.3, 0.4) is 0 Å². The summed E-state index contributed by atoms with van der Waals surface area (Å²) in [5, 5.41) is 49.2. The topological polar surface area (TPSA) is 128 Å². The van der Waals surface area contributed by atoms with Crippen LogP contribution in [0.5, 0.6) is 0 Å². The lowest BCUT2D eigenvalue weighted by Crippen LogP contribution is -2.35. The Balaban J connectivity index is 0.716. The molecule has 0 unspecified atom stereocenters. The SMILES string of the molecule is CN(Cc1ccccc1B(O)O)Cc1c2ccccc2c(CN(C)C(=O)CCCCCCCCCCCCCCC(=O)N(C)Cc2c3ccccc3c(CN(C)Cc3ccccc3B(O)O)c3ccccc23)c2ccccc12. The van der Waals surface area contributed by atoms with Crippen LogP contribution in [-0.4, -0.2) is 93.9 Å². The van der Waals surface area contributed by atoms with E-state index in [1.54, 1.807) is 12.1 Å². The van der Waals surface area contributed by atoms with Crippen molar-refractivity contribution in [2.75, 3.05) is 28.2 Å². The average Bonchev–Trinajstić information content (AvgIpc) is 3.51. The fraction of sp³-hybridized carbons (Fsp3) is 0.364. The molecule has 406 valence electrons. The van der Waals surface area contributed by atoms with E-state index in [-0.39, 0.29) is 11.8 Å². The van der Waals surface area contributed by atoms with Crippen LogP contribution >= 0.6 is 0 Å². The summed E-state index contributed by atoms with van der Waals surface area (Å²) in [6.45, 7) is 3.56. The van der Waals surface area contributed by atoms with Gasteiger partial charge in [-0.05, 0) is 114 Å². The van der Waals surface area contributed by atoms with Gasteiger partial charge in [-0.3, -0.25) is 19.4 Å². The molecule has 0 aliphatic rings. The first-order valence-corrected chi connectivity index (χ1v) is 28.4. The minimum absolute atomic E-state index is 0.181. The van der Waals surface area contributed by atoms with Gasteiger partial charge >= 0.3 is 14.2 Å². The molecule has 8 rings (SSSR count). The number of amides is 2. The largest absolute Gasteiger partial charge is 0.488 e. The van der Waals surface area contributed by atoms with E-state index in [4.69, 9.17) is 0 Å². The zero-order chi connectivity index (χ0) is 55.0. The number of nitrogens with zero attached hydrogens (tertiary/aromatic N) is 4. The highest BCUT2D eigenvalue weighted by molar-refractivity contribution is 6.59. The Hall–Kier alpha value is -6.37. The van der Waals surface area contributed by atoms with E-state index in [1.165, 1.54) is 71.2 Å². The van der Waals surface area contributed by atoms with Crippen molar-refractivity contribution in [1.29, 1.82) is 0 Å². The third-order valence-electron chi connectivity index (χ3n) is 15.9. The Morgan fingerprint density at radius 1 is 0.321 bits per heavy atom. The molecule has 0 saturated heterocycles. The maximum absolute atomic E-state index is 13.5. The minimum Gasteiger partial charge on any atom is -0.423 e. The van der Waals surface area contributed by atoms with Gasteiger partial charge in [-0.15, -0.1) is 0 Å². The maximum atomic E-state index is 13.5. The number of carbonyl (C=O) groups is 2. The highest BCUT2D eigenvalue weighted by Gasteiger charge is 2.23. The first kappa shape index (κ1) is 57.8. The molecule has 0 atom stereocenters. The van der Waals surface area contributed by atoms with Crippen molar-refractivity contribution in [3.63, 3.8) is 0 Å². The van der Waals surface area contributed by atoms with Crippen molar-refractivity contribution >= 4 is 80.1 Å². The van der Waals surface area contributed by atoms with Gasteiger partial charge in [0, 0.05) is 66.2 Å². The van der Waals surface area contributed by atoms with Gasteiger partial charge < -0.3 is 29.9 Å². The molecular formula is C66H80B2N4O6. The van der Waals surface area contributed by atoms with Gasteiger partial charge in [0.2, 0.25) is 11.8 Å². The molecular weight excluding hydrogens is 966 g/mol. The number of carbonyl (C=O) groups excluding carboxylic acids is 2. The lowest BCUT2D eigenvalue weighted by Gasteiger charge is -2.24. The molecule has 0 heterocycles. The number of hydrogen-bond acceptors (Lipinski definition) is 8. The molecule has 8 aromatic carbocycles. The molecule has 0 aliphatic heterocycles. The summed E-state index contributed by atoms with van der Waals surface area (Å²) in [6.07, 6.45) is 14.7. The molecule has 78 heavy (non-hydrogen) atoms. The zero-order valence-corrected chi connectivity index (χ0v) is 46.5. The van der Waals surface area contributed by atoms with Crippen LogP contribution in [0.25, 0.3) is 43.1 Å². The Labute approximate surface area is 463 Å². The Morgan fingerprint density at radius 3 is 0.821 bits per heavy atom. The van der Waals surface area contributed by atoms with E-state index >= 15 is 0 Å². The van der Waals surface area contributed by atoms with E-state index in [1.807, 2.05) is 60.3 Å². The number of hydrogen-bond donors (Lipinski definition) is 4. The summed E-state index contributed by atoms with van der Waals surface area (Å²) in [6, 6.07) is 49.0. The first-order valence-electron chi connectivity index (χ1n) is 28.4. The third kappa shape index (κ3) is 14.8. The van der Waals surface area contributed by atoms with Crippen molar-refractivity contribution in [1.82, 2.24) is 19.6 Å². The molecule has 12 heteroatoms. The van der Waals surface area contributed by atoms with E-state index in [0.717, 1.165) is 82.3 Å². The quantitative estimate of drug-likeness (QED) is 0.0207. The summed E-state index contributed by atoms with van der Waals surface area (Å²) in [7, 11) is 4.96. The molecule has 4 N–H and O–H groups in total. The van der Waals surface area contributed by atoms with Gasteiger partial charge in [0.25, 0.3) is 0 Å². The second-order valence-corrected chi connectivity index (χ2v) is 21.8. The number of benzene rings is 8. The van der Waals surface area contributed by atoms with Crippen molar-refractivity contribution in [3.8, 4) is 0 Å². The lowest BCUT2D eigenvalue weighted by molar-refractivity contribution is -0.131. The predicted octanol–water partition coefficient (Wildman–Crippen LogP) is 11.0. The normalized spacial score (nSPS) is 11.7. The van der Waals surface area contributed by atoms with Gasteiger partial charge in [0.1, 0.15) is 0 Å². The number of unbranched alkanes of at least 4 members (excludes halogenated alkanes) is 11. The van der Waals surface area contributed by atoms with Crippen LogP contribution in [0.15, 0.2) is 146 Å². The molecule has 0 aliphatic carbocycles. The van der Waals surface area contributed by atoms with E-state index < -0.39 is 14.2 Å². The minimum atomic E-state index is -1.52. The van der Waals surface area contributed by atoms with Crippen LogP contribution in [0, 0.1) is 0 Å². The first-order chi connectivity index (χ1) is 37.9. The van der Waals surface area contributed by atoms with Crippen molar-refractivity contribution in [2.45, 2.75) is 129 Å². The lowest BCUT2D eigenvalue weighted by atomic mass is 9.77. The summed E-state index contributed by atoms with van der Waals surface area (Å²) in [5.41, 5.74) is 7.58. The van der Waals surface area contributed by atoms with Gasteiger partial charge in [-0.1, -0.05) is 210 Å². The average molecular weight is 1050 g/mol. The molecule has 0 spiro atoms. The van der Waals surface area contributed by atoms with Crippen LogP contribution in [-0.2, 0) is 48.9 Å². The number of fused-ring (bicyclic) bond motifs is 4. The molecule has 10 nitrogen and oxygen atoms in total. The molecule has 0 radical (unpaired) electrons. The Kier molecular flexibility index (Phi) is 21.1. The summed E-state index contributed by atoms with van der Waals surface area (Å²) < 4.78 is 0. The molecule has 0 fully saturated rings. The Morgan fingerprint density at radius 2 is 0.551 bits per heavy atom. The molecule has 0 saturated carbocycles. The fourth-order valence-electron chi connectivity index (χ4n) is 11.7. The standard InChI is InChI=1S/C66H80B2N4O6/c1-69(43-49-29-17-27-39-63(49)67(75)76)45-59-51-31-19-23-35-55(51)61(56-36-24-20-32-52(56)59)47-71(3)65(73)41-15-13-11-9-7-5-6-8-10-12-14-16-42-66(74)72(4)48-62-57-37-25-21-33-53(57)60(54-34-22-26-38-58(54)62)46-70(2)44-50-30-18-28-40-64(50)68(77)78/h17-40,75-78H,5-16,41-48H2,1-4H3. The smallest absolute Gasteiger partial charge is 0.423 e. The molecule has 0 aromatic heterocycles. The van der Waals surface area contributed by atoms with Crippen molar-refractivity contribution in [3.05, 3.63) is 179 Å². The summed E-state index contributed by atoms with van der Waals surface area (Å²) in [4.78, 5) is 35.3. The van der Waals surface area contributed by atoms with Crippen molar-refractivity contribution in [2.24, 2.45) is 0 Å². The number of rotatable bonds is 29. The summed E-state index contributed by atoms with van der Waals surface area (Å²) in [5.74, 6) is 0.362. The highest BCUT2D eigenvalue weighted by Crippen LogP contribution is 2.37. The molecule has 8 aromatic rings. The van der Waals surface area contributed by atoms with Crippen LogP contribution in [0.1, 0.15) is 123 Å². The van der Waals surface area contributed by atoms with E-state index in [0.29, 0.717) is 63.0 Å². The third-order valence-corrected chi connectivity index (χ3v) is 15.9. The fourth-order valence-corrected chi connectivity index (χ4v) is 11.7. The van der Waals surface area contributed by atoms with E-state index in [9.17, 15) is 29.7 Å². The van der Waals surface area contributed by atoms with Crippen LogP contribution in [0.4, 0.5) is 0 Å². The van der Waals surface area contributed by atoms with Crippen LogP contribution in [0.2, 0.25) is 0 Å².